The summed E-state index contributed by atoms with van der Waals surface area (Å²) < 4.78 is 11.6. The molecule has 3 aromatic rings. The van der Waals surface area contributed by atoms with Gasteiger partial charge in [0.1, 0.15) is 38.5 Å². The fourth-order valence-corrected chi connectivity index (χ4v) is 4.90. The molecule has 0 radical (unpaired) electrons. The molecule has 2 N–H and O–H groups in total. The Kier molecular flexibility index (Phi) is 4.88. The van der Waals surface area contributed by atoms with Crippen LogP contribution in [-0.4, -0.2) is 43.0 Å². The van der Waals surface area contributed by atoms with Crippen molar-refractivity contribution in [2.45, 2.75) is 25.9 Å². The van der Waals surface area contributed by atoms with Gasteiger partial charge in [0, 0.05) is 12.0 Å². The highest BCUT2D eigenvalue weighted by Gasteiger charge is 2.31. The topological polar surface area (TPSA) is 57.0 Å². The predicted octanol–water partition coefficient (Wildman–Crippen LogP) is 0.778. The molecule has 0 unspecified atom stereocenters. The van der Waals surface area contributed by atoms with Gasteiger partial charge < -0.3 is 19.0 Å². The second kappa shape index (κ2) is 7.66. The zero-order valence-corrected chi connectivity index (χ0v) is 16.9. The van der Waals surface area contributed by atoms with Gasteiger partial charge in [-0.25, -0.2) is 0 Å². The van der Waals surface area contributed by atoms with Crippen molar-refractivity contribution in [1.29, 1.82) is 0 Å². The highest BCUT2D eigenvalue weighted by Crippen LogP contribution is 2.26. The van der Waals surface area contributed by atoms with Crippen LogP contribution in [0.3, 0.4) is 0 Å². The van der Waals surface area contributed by atoms with Gasteiger partial charge in [-0.2, -0.15) is 0 Å². The lowest BCUT2D eigenvalue weighted by atomic mass is 10.1. The van der Waals surface area contributed by atoms with E-state index in [0.717, 1.165) is 49.2 Å². The van der Waals surface area contributed by atoms with E-state index in [2.05, 4.69) is 35.3 Å². The number of benzene rings is 1. The number of thiophene rings is 1. The van der Waals surface area contributed by atoms with Gasteiger partial charge in [0.05, 0.1) is 11.5 Å². The molecule has 0 bridgehead atoms. The van der Waals surface area contributed by atoms with Crippen LogP contribution < -0.4 is 14.5 Å². The molecule has 4 heterocycles. The molecule has 2 aliphatic heterocycles. The van der Waals surface area contributed by atoms with Gasteiger partial charge in [-0.1, -0.05) is 6.07 Å². The summed E-state index contributed by atoms with van der Waals surface area (Å²) in [6, 6.07) is 11.0. The molecule has 1 atom stereocenters. The molecule has 146 valence electrons. The van der Waals surface area contributed by atoms with Gasteiger partial charge in [0.25, 0.3) is 11.8 Å². The van der Waals surface area contributed by atoms with E-state index in [1.807, 2.05) is 17.5 Å². The minimum atomic E-state index is 0.236. The quantitative estimate of drug-likeness (QED) is 0.667. The van der Waals surface area contributed by atoms with Gasteiger partial charge in [-0.05, 0) is 42.1 Å². The van der Waals surface area contributed by atoms with Crippen molar-refractivity contribution in [3.8, 4) is 16.5 Å². The van der Waals surface area contributed by atoms with Crippen LogP contribution in [0.4, 0.5) is 0 Å². The standard InChI is InChI=1S/C21H24N4O2S/c1-15(20-22-23-21(27-20)19-3-2-12-28-19)25-9-7-24(8-10-25)14-16-4-5-18-17(13-16)6-11-26-18/h2-5,12-13,15H,6-11,14H2,1H3/p+2/t15-/m0/s1. The molecule has 5 rings (SSSR count). The van der Waals surface area contributed by atoms with Gasteiger partial charge >= 0.3 is 0 Å². The van der Waals surface area contributed by atoms with E-state index >= 15 is 0 Å². The average Bonchev–Trinajstić information content (AvgIpc) is 3.48. The zero-order valence-electron chi connectivity index (χ0n) is 16.1. The minimum absolute atomic E-state index is 0.236. The molecule has 2 aromatic heterocycles. The third-order valence-electron chi connectivity index (χ3n) is 5.96. The number of piperazine rings is 1. The van der Waals surface area contributed by atoms with Gasteiger partial charge in [-0.15, -0.1) is 21.5 Å². The lowest BCUT2D eigenvalue weighted by Crippen LogP contribution is -3.27. The van der Waals surface area contributed by atoms with Crippen LogP contribution in [0.2, 0.25) is 0 Å². The molecule has 1 fully saturated rings. The SMILES string of the molecule is C[C@@H](c1nnc(-c2cccs2)o1)[NH+]1CC[NH+](Cc2ccc3c(c2)CCO3)CC1. The van der Waals surface area contributed by atoms with Gasteiger partial charge in [-0.3, -0.25) is 0 Å². The maximum atomic E-state index is 5.96. The highest BCUT2D eigenvalue weighted by atomic mass is 32.1. The first-order chi connectivity index (χ1) is 13.8. The fourth-order valence-electron chi connectivity index (χ4n) is 4.26. The van der Waals surface area contributed by atoms with Gasteiger partial charge in [0.2, 0.25) is 0 Å². The monoisotopic (exact) mass is 398 g/mol. The Bertz CT molecular complexity index is 932. The number of rotatable bonds is 5. The predicted molar refractivity (Wildman–Crippen MR) is 107 cm³/mol. The molecule has 6 nitrogen and oxygen atoms in total. The van der Waals surface area contributed by atoms with E-state index in [4.69, 9.17) is 9.15 Å². The van der Waals surface area contributed by atoms with Crippen molar-refractivity contribution in [3.63, 3.8) is 0 Å². The van der Waals surface area contributed by atoms with Crippen molar-refractivity contribution in [2.24, 2.45) is 0 Å². The third-order valence-corrected chi connectivity index (χ3v) is 6.82. The molecule has 1 saturated heterocycles. The Morgan fingerprint density at radius 2 is 2.04 bits per heavy atom. The van der Waals surface area contributed by atoms with E-state index in [1.165, 1.54) is 29.1 Å². The summed E-state index contributed by atoms with van der Waals surface area (Å²) in [4.78, 5) is 4.22. The summed E-state index contributed by atoms with van der Waals surface area (Å²) in [7, 11) is 0. The Morgan fingerprint density at radius 1 is 1.14 bits per heavy atom. The summed E-state index contributed by atoms with van der Waals surface area (Å²) in [5.41, 5.74) is 2.79. The molecular weight excluding hydrogens is 372 g/mol. The Hall–Kier alpha value is -2.22. The van der Waals surface area contributed by atoms with E-state index in [-0.39, 0.29) is 6.04 Å². The van der Waals surface area contributed by atoms with Crippen molar-refractivity contribution in [2.75, 3.05) is 32.8 Å². The molecule has 0 amide bonds. The lowest BCUT2D eigenvalue weighted by molar-refractivity contribution is -1.03. The minimum Gasteiger partial charge on any atom is -0.493 e. The number of fused-ring (bicyclic) bond motifs is 1. The summed E-state index contributed by atoms with van der Waals surface area (Å²) in [5, 5.41) is 10.6. The second-order valence-corrected chi connectivity index (χ2v) is 8.72. The molecule has 28 heavy (non-hydrogen) atoms. The summed E-state index contributed by atoms with van der Waals surface area (Å²) >= 11 is 1.63. The third kappa shape index (κ3) is 3.57. The number of hydrogen-bond donors (Lipinski definition) is 2. The van der Waals surface area contributed by atoms with Crippen LogP contribution in [-0.2, 0) is 13.0 Å². The van der Waals surface area contributed by atoms with Crippen LogP contribution in [0, 0.1) is 0 Å². The zero-order chi connectivity index (χ0) is 18.9. The van der Waals surface area contributed by atoms with E-state index in [0.29, 0.717) is 5.89 Å². The van der Waals surface area contributed by atoms with Crippen molar-refractivity contribution in [3.05, 3.63) is 52.7 Å². The van der Waals surface area contributed by atoms with Crippen molar-refractivity contribution >= 4 is 11.3 Å². The smallest absolute Gasteiger partial charge is 0.274 e. The number of nitrogens with one attached hydrogen (secondary N) is 2. The van der Waals surface area contributed by atoms with Crippen LogP contribution in [0.25, 0.3) is 10.8 Å². The van der Waals surface area contributed by atoms with Crippen molar-refractivity contribution in [1.82, 2.24) is 10.2 Å². The maximum Gasteiger partial charge on any atom is 0.274 e. The molecule has 0 spiro atoms. The largest absolute Gasteiger partial charge is 0.493 e. The number of ether oxygens (including phenoxy) is 1. The average molecular weight is 399 g/mol. The normalized spacial score (nSPS) is 22.6. The first-order valence-corrected chi connectivity index (χ1v) is 10.9. The van der Waals surface area contributed by atoms with Crippen molar-refractivity contribution < 1.29 is 19.0 Å². The first-order valence-electron chi connectivity index (χ1n) is 10.1. The van der Waals surface area contributed by atoms with Crippen LogP contribution in [0.5, 0.6) is 5.75 Å². The molecule has 0 saturated carbocycles. The number of quaternary nitrogens is 2. The number of aromatic nitrogens is 2. The van der Waals surface area contributed by atoms with Crippen LogP contribution in [0.15, 0.2) is 40.1 Å². The molecule has 0 aliphatic carbocycles. The van der Waals surface area contributed by atoms with E-state index in [9.17, 15) is 0 Å². The number of nitrogens with zero attached hydrogens (tertiary/aromatic N) is 2. The Morgan fingerprint density at radius 3 is 2.86 bits per heavy atom. The van der Waals surface area contributed by atoms with E-state index in [1.54, 1.807) is 16.2 Å². The van der Waals surface area contributed by atoms with Gasteiger partial charge in [0.15, 0.2) is 6.04 Å². The van der Waals surface area contributed by atoms with Crippen LogP contribution >= 0.6 is 11.3 Å². The second-order valence-electron chi connectivity index (χ2n) is 7.77. The molecule has 2 aliphatic rings. The summed E-state index contributed by atoms with van der Waals surface area (Å²) in [6.45, 7) is 8.71. The summed E-state index contributed by atoms with van der Waals surface area (Å²) in [5.74, 6) is 2.46. The molecular formula is C21H26N4O2S+2. The maximum absolute atomic E-state index is 5.96. The summed E-state index contributed by atoms with van der Waals surface area (Å²) in [6.07, 6.45) is 1.05. The van der Waals surface area contributed by atoms with Crippen LogP contribution in [0.1, 0.15) is 30.0 Å². The Balaban J connectivity index is 1.18. The molecule has 7 heteroatoms. The fraction of sp³-hybridized carbons (Fsp3) is 0.429. The molecule has 1 aromatic carbocycles. The number of hydrogen-bond acceptors (Lipinski definition) is 5. The highest BCUT2D eigenvalue weighted by molar-refractivity contribution is 7.13. The lowest BCUT2D eigenvalue weighted by Gasteiger charge is -2.32. The first kappa shape index (κ1) is 17.8. The van der Waals surface area contributed by atoms with E-state index < -0.39 is 0 Å². The Labute approximate surface area is 168 Å².